The first-order valence-corrected chi connectivity index (χ1v) is 3.27. The van der Waals surface area contributed by atoms with Crippen LogP contribution in [0.4, 0.5) is 5.69 Å². The monoisotopic (exact) mass is 140 g/mol. The van der Waals surface area contributed by atoms with Crippen molar-refractivity contribution in [2.24, 2.45) is 5.73 Å². The minimum absolute atomic E-state index is 0.630. The summed E-state index contributed by atoms with van der Waals surface area (Å²) >= 11 is 0. The lowest BCUT2D eigenvalue weighted by Gasteiger charge is -1.94. The minimum atomic E-state index is 0.630. The van der Waals surface area contributed by atoms with Crippen LogP contribution in [-0.2, 0) is 6.54 Å². The van der Waals surface area contributed by atoms with E-state index in [-0.39, 0.29) is 0 Å². The number of aromatic nitrogens is 2. The molecule has 1 rings (SSSR count). The van der Waals surface area contributed by atoms with Gasteiger partial charge in [0, 0.05) is 19.8 Å². The predicted molar refractivity (Wildman–Crippen MR) is 40.8 cm³/mol. The summed E-state index contributed by atoms with van der Waals surface area (Å²) in [6, 6.07) is 0. The average molecular weight is 140 g/mol. The van der Waals surface area contributed by atoms with Gasteiger partial charge >= 0.3 is 0 Å². The molecule has 1 aromatic heterocycles. The van der Waals surface area contributed by atoms with E-state index in [1.165, 1.54) is 0 Å². The maximum absolute atomic E-state index is 5.33. The van der Waals surface area contributed by atoms with Crippen LogP contribution in [0.5, 0.6) is 0 Å². The van der Waals surface area contributed by atoms with E-state index in [0.29, 0.717) is 6.54 Å². The Kier molecular flexibility index (Phi) is 2.28. The van der Waals surface area contributed by atoms with Gasteiger partial charge in [0.25, 0.3) is 0 Å². The van der Waals surface area contributed by atoms with Crippen molar-refractivity contribution in [3.8, 4) is 0 Å². The number of nitrogens with two attached hydrogens (primary N) is 1. The lowest BCUT2D eigenvalue weighted by Crippen LogP contribution is -2.09. The number of nitrogens with zero attached hydrogens (tertiary/aromatic N) is 2. The van der Waals surface area contributed by atoms with Gasteiger partial charge in [-0.25, -0.2) is 0 Å². The molecule has 0 unspecified atom stereocenters. The van der Waals surface area contributed by atoms with Crippen LogP contribution in [0.3, 0.4) is 0 Å². The lowest BCUT2D eigenvalue weighted by molar-refractivity contribution is 0.625. The smallest absolute Gasteiger partial charge is 0.0723 e. The fraction of sp³-hybridized carbons (Fsp3) is 0.500. The Bertz CT molecular complexity index is 193. The molecule has 0 aliphatic carbocycles. The fourth-order valence-corrected chi connectivity index (χ4v) is 0.747. The summed E-state index contributed by atoms with van der Waals surface area (Å²) in [6.07, 6.45) is 3.70. The standard InChI is InChI=1S/C6H12N4/c1-8-6-4-9-10(5-6)3-2-7/h4-5,8H,2-3,7H2,1H3. The third kappa shape index (κ3) is 1.48. The zero-order chi connectivity index (χ0) is 7.40. The summed E-state index contributed by atoms with van der Waals surface area (Å²) in [7, 11) is 1.86. The van der Waals surface area contributed by atoms with E-state index in [1.54, 1.807) is 6.20 Å². The van der Waals surface area contributed by atoms with E-state index in [1.807, 2.05) is 17.9 Å². The Labute approximate surface area is 60.0 Å². The molecule has 0 aliphatic rings. The largest absolute Gasteiger partial charge is 0.386 e. The molecule has 0 radical (unpaired) electrons. The number of rotatable bonds is 3. The van der Waals surface area contributed by atoms with Crippen molar-refractivity contribution in [3.05, 3.63) is 12.4 Å². The topological polar surface area (TPSA) is 55.9 Å². The molecule has 4 nitrogen and oxygen atoms in total. The van der Waals surface area contributed by atoms with Gasteiger partial charge in [-0.1, -0.05) is 0 Å². The molecular formula is C6H12N4. The van der Waals surface area contributed by atoms with Crippen molar-refractivity contribution in [1.29, 1.82) is 0 Å². The summed E-state index contributed by atoms with van der Waals surface area (Å²) in [5.74, 6) is 0. The molecule has 0 aromatic carbocycles. The summed E-state index contributed by atoms with van der Waals surface area (Å²) in [5, 5.41) is 7.03. The van der Waals surface area contributed by atoms with E-state index in [9.17, 15) is 0 Å². The Balaban J connectivity index is 2.59. The van der Waals surface area contributed by atoms with Gasteiger partial charge in [-0.05, 0) is 0 Å². The number of nitrogens with one attached hydrogen (secondary N) is 1. The van der Waals surface area contributed by atoms with Crippen LogP contribution in [0.15, 0.2) is 12.4 Å². The average Bonchev–Trinajstić information content (AvgIpc) is 2.37. The van der Waals surface area contributed by atoms with Crippen LogP contribution in [0.25, 0.3) is 0 Å². The van der Waals surface area contributed by atoms with Crippen molar-refractivity contribution in [2.45, 2.75) is 6.54 Å². The van der Waals surface area contributed by atoms with Crippen LogP contribution in [0.2, 0.25) is 0 Å². The van der Waals surface area contributed by atoms with Crippen LogP contribution in [0, 0.1) is 0 Å². The molecule has 10 heavy (non-hydrogen) atoms. The van der Waals surface area contributed by atoms with Gasteiger partial charge in [0.1, 0.15) is 0 Å². The molecule has 1 aromatic rings. The van der Waals surface area contributed by atoms with Crippen LogP contribution in [-0.4, -0.2) is 23.4 Å². The van der Waals surface area contributed by atoms with Gasteiger partial charge in [0.05, 0.1) is 18.4 Å². The predicted octanol–water partition coefficient (Wildman–Crippen LogP) is -0.117. The number of anilines is 1. The summed E-state index contributed by atoms with van der Waals surface area (Å²) in [5.41, 5.74) is 6.35. The zero-order valence-corrected chi connectivity index (χ0v) is 6.04. The first kappa shape index (κ1) is 7.08. The van der Waals surface area contributed by atoms with Crippen molar-refractivity contribution in [2.75, 3.05) is 18.9 Å². The number of hydrogen-bond acceptors (Lipinski definition) is 3. The second-order valence-electron chi connectivity index (χ2n) is 2.03. The molecule has 4 heteroatoms. The van der Waals surface area contributed by atoms with E-state index < -0.39 is 0 Å². The Morgan fingerprint density at radius 3 is 3.10 bits per heavy atom. The second kappa shape index (κ2) is 3.22. The van der Waals surface area contributed by atoms with Crippen LogP contribution < -0.4 is 11.1 Å². The van der Waals surface area contributed by atoms with Crippen molar-refractivity contribution in [1.82, 2.24) is 9.78 Å². The summed E-state index contributed by atoms with van der Waals surface area (Å²) in [4.78, 5) is 0. The molecule has 0 fully saturated rings. The van der Waals surface area contributed by atoms with Gasteiger partial charge < -0.3 is 11.1 Å². The molecule has 0 atom stereocenters. The fourth-order valence-electron chi connectivity index (χ4n) is 0.747. The van der Waals surface area contributed by atoms with E-state index in [2.05, 4.69) is 10.4 Å². The first-order chi connectivity index (χ1) is 4.86. The molecule has 0 saturated heterocycles. The molecule has 0 amide bonds. The Morgan fingerprint density at radius 2 is 2.60 bits per heavy atom. The van der Waals surface area contributed by atoms with Crippen LogP contribution >= 0.6 is 0 Å². The van der Waals surface area contributed by atoms with E-state index in [4.69, 9.17) is 5.73 Å². The summed E-state index contributed by atoms with van der Waals surface area (Å²) < 4.78 is 1.81. The first-order valence-electron chi connectivity index (χ1n) is 3.27. The molecule has 0 aliphatic heterocycles. The van der Waals surface area contributed by atoms with Crippen molar-refractivity contribution in [3.63, 3.8) is 0 Å². The molecular weight excluding hydrogens is 128 g/mol. The third-order valence-electron chi connectivity index (χ3n) is 1.28. The van der Waals surface area contributed by atoms with E-state index in [0.717, 1.165) is 12.2 Å². The Hall–Kier alpha value is -1.03. The highest BCUT2D eigenvalue weighted by atomic mass is 15.3. The van der Waals surface area contributed by atoms with Gasteiger partial charge in [0.15, 0.2) is 0 Å². The molecule has 0 bridgehead atoms. The highest BCUT2D eigenvalue weighted by Gasteiger charge is 1.92. The Morgan fingerprint density at radius 1 is 1.80 bits per heavy atom. The van der Waals surface area contributed by atoms with E-state index >= 15 is 0 Å². The highest BCUT2D eigenvalue weighted by molar-refractivity contribution is 5.36. The van der Waals surface area contributed by atoms with Crippen molar-refractivity contribution >= 4 is 5.69 Å². The van der Waals surface area contributed by atoms with Gasteiger partial charge in [-0.2, -0.15) is 5.10 Å². The molecule has 56 valence electrons. The molecule has 3 N–H and O–H groups in total. The van der Waals surface area contributed by atoms with Crippen molar-refractivity contribution < 1.29 is 0 Å². The molecule has 1 heterocycles. The normalized spacial score (nSPS) is 9.80. The summed E-state index contributed by atoms with van der Waals surface area (Å²) in [6.45, 7) is 1.41. The third-order valence-corrected chi connectivity index (χ3v) is 1.28. The van der Waals surface area contributed by atoms with Crippen LogP contribution in [0.1, 0.15) is 0 Å². The molecule has 0 spiro atoms. The quantitative estimate of drug-likeness (QED) is 0.615. The maximum atomic E-state index is 5.33. The van der Waals surface area contributed by atoms with Gasteiger partial charge in [-0.15, -0.1) is 0 Å². The molecule has 0 saturated carbocycles. The highest BCUT2D eigenvalue weighted by Crippen LogP contribution is 2.01. The van der Waals surface area contributed by atoms with Gasteiger partial charge in [0.2, 0.25) is 0 Å². The minimum Gasteiger partial charge on any atom is -0.386 e. The number of hydrogen-bond donors (Lipinski definition) is 2. The second-order valence-corrected chi connectivity index (χ2v) is 2.03. The maximum Gasteiger partial charge on any atom is 0.0723 e. The lowest BCUT2D eigenvalue weighted by atomic mass is 10.6. The SMILES string of the molecule is CNc1cnn(CCN)c1. The van der Waals surface area contributed by atoms with Gasteiger partial charge in [-0.3, -0.25) is 4.68 Å². The zero-order valence-electron chi connectivity index (χ0n) is 6.04.